The molecule has 11 heteroatoms. The van der Waals surface area contributed by atoms with E-state index >= 15 is 0 Å². The fourth-order valence-corrected chi connectivity index (χ4v) is 7.81. The molecule has 4 N–H and O–H groups in total. The molecule has 5 heterocycles. The van der Waals surface area contributed by atoms with Crippen LogP contribution in [0.2, 0.25) is 0 Å². The van der Waals surface area contributed by atoms with Gasteiger partial charge in [-0.25, -0.2) is 9.97 Å². The summed E-state index contributed by atoms with van der Waals surface area (Å²) in [5.74, 6) is -1.93. The van der Waals surface area contributed by atoms with Gasteiger partial charge in [-0.05, 0) is 128 Å². The van der Waals surface area contributed by atoms with Gasteiger partial charge in [0.15, 0.2) is 0 Å². The summed E-state index contributed by atoms with van der Waals surface area (Å²) in [7, 11) is 0. The molecule has 0 radical (unpaired) electrons. The van der Waals surface area contributed by atoms with Gasteiger partial charge in [0.2, 0.25) is 0 Å². The molecule has 1 atom stereocenters. The van der Waals surface area contributed by atoms with E-state index in [2.05, 4.69) is 52.5 Å². The Balaban J connectivity index is 0.00000794. The van der Waals surface area contributed by atoms with Crippen molar-refractivity contribution >= 4 is 62.4 Å². The van der Waals surface area contributed by atoms with E-state index in [1.165, 1.54) is 16.7 Å². The maximum Gasteiger partial charge on any atom is 2.00 e. The van der Waals surface area contributed by atoms with Crippen molar-refractivity contribution in [3.05, 3.63) is 111 Å². The van der Waals surface area contributed by atoms with Crippen molar-refractivity contribution in [1.29, 1.82) is 0 Å². The van der Waals surface area contributed by atoms with Crippen LogP contribution in [0.15, 0.2) is 65.8 Å². The van der Waals surface area contributed by atoms with Crippen LogP contribution < -0.4 is 9.97 Å². The maximum atomic E-state index is 11.9. The number of aryl methyl sites for hydroxylation is 2. The first kappa shape index (κ1) is 47.6. The summed E-state index contributed by atoms with van der Waals surface area (Å²) in [6, 6.07) is 7.29. The second-order valence-electron chi connectivity index (χ2n) is 15.9. The van der Waals surface area contributed by atoms with Crippen molar-refractivity contribution in [3.63, 3.8) is 0 Å². The quantitative estimate of drug-likeness (QED) is 0.0714. The summed E-state index contributed by atoms with van der Waals surface area (Å²) in [6.07, 6.45) is 13.0. The van der Waals surface area contributed by atoms with Crippen molar-refractivity contribution in [3.8, 4) is 0 Å². The Labute approximate surface area is 364 Å². The van der Waals surface area contributed by atoms with Crippen LogP contribution in [0.4, 0.5) is 0 Å². The molecule has 0 aliphatic carbocycles. The Morgan fingerprint density at radius 3 is 1.87 bits per heavy atom. The SMILES string of the molecule is C=Cc1c(C)c2cc3nc(cc4[n-]c(cc5nc(cc1[n-]2)C(C)=C5CCC(=O)O)c(CCC(=O)O)c4CO)C(C)=C3[C@@H](O)CC/C=C(\C)CC/C=C(\C)CCC=C(C)C.[Fe+2]. The first-order valence-corrected chi connectivity index (χ1v) is 20.5. The number of hydrogen-bond donors (Lipinski definition) is 4. The molecule has 0 saturated heterocycles. The minimum Gasteiger partial charge on any atom is -0.657 e. The van der Waals surface area contributed by atoms with E-state index in [0.717, 1.165) is 53.5 Å². The largest absolute Gasteiger partial charge is 2.00 e. The second kappa shape index (κ2) is 21.5. The van der Waals surface area contributed by atoms with Gasteiger partial charge in [0.25, 0.3) is 0 Å². The Bertz CT molecular complexity index is 2460. The van der Waals surface area contributed by atoms with E-state index in [0.29, 0.717) is 74.4 Å². The summed E-state index contributed by atoms with van der Waals surface area (Å²) in [6.45, 7) is 18.0. The fraction of sp³-hybridized carbons (Fsp3) is 0.388. The summed E-state index contributed by atoms with van der Waals surface area (Å²) >= 11 is 0. The van der Waals surface area contributed by atoms with E-state index < -0.39 is 24.6 Å². The van der Waals surface area contributed by atoms with Gasteiger partial charge in [-0.1, -0.05) is 83.0 Å². The van der Waals surface area contributed by atoms with Gasteiger partial charge >= 0.3 is 29.0 Å². The fourth-order valence-electron chi connectivity index (χ4n) is 7.81. The molecule has 5 rings (SSSR count). The van der Waals surface area contributed by atoms with Gasteiger partial charge in [0.1, 0.15) is 0 Å². The second-order valence-corrected chi connectivity index (χ2v) is 15.9. The number of fused-ring (bicyclic) bond motifs is 8. The number of hydrogen-bond acceptors (Lipinski definition) is 6. The summed E-state index contributed by atoms with van der Waals surface area (Å²) in [4.78, 5) is 43.4. The number of aliphatic hydroxyl groups excluding tert-OH is 2. The number of nitrogens with zero attached hydrogens (tertiary/aromatic N) is 4. The number of aliphatic carboxylic acids is 2. The Morgan fingerprint density at radius 1 is 0.700 bits per heavy atom. The van der Waals surface area contributed by atoms with E-state index in [4.69, 9.17) is 19.9 Å². The number of carboxylic acids is 2. The zero-order valence-corrected chi connectivity index (χ0v) is 37.0. The third-order valence-corrected chi connectivity index (χ3v) is 11.2. The van der Waals surface area contributed by atoms with Crippen LogP contribution in [0.3, 0.4) is 0 Å². The molecule has 2 aliphatic heterocycles. The molecule has 0 fully saturated rings. The Morgan fingerprint density at radius 2 is 1.23 bits per heavy atom. The average Bonchev–Trinajstić information content (AvgIpc) is 3.85. The summed E-state index contributed by atoms with van der Waals surface area (Å²) in [5, 5.41) is 41.8. The van der Waals surface area contributed by atoms with Crippen molar-refractivity contribution in [1.82, 2.24) is 19.9 Å². The van der Waals surface area contributed by atoms with E-state index in [1.54, 1.807) is 18.2 Å². The number of aromatic nitrogens is 4. The number of rotatable bonds is 18. The Hall–Kier alpha value is -5.06. The average molecular weight is 855 g/mol. The molecule has 60 heavy (non-hydrogen) atoms. The number of aliphatic hydroxyl groups is 2. The molecule has 2 aliphatic rings. The molecule has 8 bridgehead atoms. The number of carbonyl (C=O) groups is 2. The Kier molecular flexibility index (Phi) is 17.0. The van der Waals surface area contributed by atoms with Crippen LogP contribution >= 0.6 is 0 Å². The topological polar surface area (TPSA) is 169 Å². The molecule has 0 saturated carbocycles. The van der Waals surface area contributed by atoms with Gasteiger partial charge in [-0.3, -0.25) is 9.59 Å². The molecule has 318 valence electrons. The van der Waals surface area contributed by atoms with E-state index in [-0.39, 0.29) is 42.8 Å². The molecule has 0 spiro atoms. The monoisotopic (exact) mass is 854 g/mol. The molecule has 0 amide bonds. The zero-order valence-electron chi connectivity index (χ0n) is 35.9. The first-order chi connectivity index (χ1) is 28.1. The third kappa shape index (κ3) is 11.6. The van der Waals surface area contributed by atoms with Gasteiger partial charge in [-0.2, -0.15) is 0 Å². The normalized spacial score (nSPS) is 13.7. The van der Waals surface area contributed by atoms with Crippen molar-refractivity contribution in [2.24, 2.45) is 0 Å². The van der Waals surface area contributed by atoms with Crippen molar-refractivity contribution < 1.29 is 47.1 Å². The number of allylic oxidation sites excluding steroid dienone is 9. The third-order valence-electron chi connectivity index (χ3n) is 11.2. The minimum absolute atomic E-state index is 0. The van der Waals surface area contributed by atoms with Crippen LogP contribution in [0, 0.1) is 6.92 Å². The molecular weight excluding hydrogens is 796 g/mol. The van der Waals surface area contributed by atoms with Gasteiger partial charge in [-0.15, -0.1) is 22.1 Å². The van der Waals surface area contributed by atoms with Crippen LogP contribution in [0.5, 0.6) is 0 Å². The first-order valence-electron chi connectivity index (χ1n) is 20.5. The minimum atomic E-state index is -0.990. The summed E-state index contributed by atoms with van der Waals surface area (Å²) < 4.78 is 0. The van der Waals surface area contributed by atoms with Crippen LogP contribution in [-0.4, -0.2) is 48.4 Å². The maximum absolute atomic E-state index is 11.9. The predicted molar refractivity (Wildman–Crippen MR) is 238 cm³/mol. The predicted octanol–water partition coefficient (Wildman–Crippen LogP) is 10.3. The van der Waals surface area contributed by atoms with Crippen LogP contribution in [0.1, 0.15) is 144 Å². The molecule has 10 nitrogen and oxygen atoms in total. The van der Waals surface area contributed by atoms with Crippen molar-refractivity contribution in [2.45, 2.75) is 125 Å². The number of carboxylic acid groups (broad SMARTS) is 2. The molecule has 3 aromatic rings. The standard InChI is InChI=1S/C49H60N4O6.Fe/c1-9-34-31(6)39-25-45-49(46(55)18-12-17-30(5)16-11-15-29(4)14-10-13-28(2)3)33(8)40(52-45)24-44-37(27-54)36(20-22-48(58)59)43(53-44)26-42-35(19-21-47(56)57)32(7)38(51-42)23-41(34)50-39;/h9,13,15,17,23-26,46,54-55H,1,10-12,14,16,18-22,27H2,2-8H3,(H4,50,51,52,53,56,57,58,59);/q;+2/p-2/b29-15+,30-17+,38-23?,39-25?,40-24?,41-23?,42-26?,43-26?,44-24?,45-25?;/t46-;/m0./s1. The van der Waals surface area contributed by atoms with Gasteiger partial charge in [0.05, 0.1) is 35.5 Å². The van der Waals surface area contributed by atoms with Crippen LogP contribution in [-0.2, 0) is 39.7 Å². The molecular formula is C49H58FeN4O6. The molecule has 0 aromatic carbocycles. The van der Waals surface area contributed by atoms with Crippen molar-refractivity contribution in [2.75, 3.05) is 0 Å². The summed E-state index contributed by atoms with van der Waals surface area (Å²) in [5.41, 5.74) is 14.2. The van der Waals surface area contributed by atoms with Gasteiger partial charge < -0.3 is 30.4 Å². The smallest absolute Gasteiger partial charge is 0.657 e. The van der Waals surface area contributed by atoms with E-state index in [1.807, 2.05) is 32.9 Å². The van der Waals surface area contributed by atoms with Gasteiger partial charge in [0, 0.05) is 18.4 Å². The van der Waals surface area contributed by atoms with E-state index in [9.17, 15) is 30.0 Å². The van der Waals surface area contributed by atoms with Crippen LogP contribution in [0.25, 0.3) is 50.4 Å². The molecule has 3 aromatic heterocycles. The molecule has 0 unspecified atom stereocenters. The zero-order chi connectivity index (χ0) is 43.0.